The van der Waals surface area contributed by atoms with E-state index in [0.29, 0.717) is 42.8 Å². The number of carbonyl (C=O) groups excluding carboxylic acids is 5. The molecule has 0 unspecified atom stereocenters. The third-order valence-corrected chi connectivity index (χ3v) is 9.11. The van der Waals surface area contributed by atoms with Crippen molar-refractivity contribution in [2.75, 3.05) is 17.2 Å². The molecule has 0 spiro atoms. The van der Waals surface area contributed by atoms with Gasteiger partial charge in [-0.15, -0.1) is 0 Å². The van der Waals surface area contributed by atoms with Crippen LogP contribution >= 0.6 is 31.9 Å². The third kappa shape index (κ3) is 19.7. The maximum Gasteiger partial charge on any atom is 0.223 e. The third-order valence-electron chi connectivity index (χ3n) is 7.28. The number of halogens is 2. The molecule has 0 aromatic rings. The molecule has 0 saturated carbocycles. The summed E-state index contributed by atoms with van der Waals surface area (Å²) >= 11 is 6.80. The van der Waals surface area contributed by atoms with Crippen molar-refractivity contribution in [3.8, 4) is 0 Å². The van der Waals surface area contributed by atoms with Crippen molar-refractivity contribution >= 4 is 61.0 Å². The highest BCUT2D eigenvalue weighted by molar-refractivity contribution is 9.09. The Morgan fingerprint density at radius 1 is 0.829 bits per heavy atom. The molecule has 7 nitrogen and oxygen atoms in total. The summed E-state index contributed by atoms with van der Waals surface area (Å²) < 4.78 is 0. The molecule has 5 atom stereocenters. The second kappa shape index (κ2) is 25.4. The topological polar surface area (TPSA) is 101 Å². The first kappa shape index (κ1) is 42.0. The van der Waals surface area contributed by atoms with Crippen LogP contribution in [0.5, 0.6) is 0 Å². The van der Waals surface area contributed by atoms with Gasteiger partial charge in [-0.1, -0.05) is 85.7 Å². The van der Waals surface area contributed by atoms with Gasteiger partial charge in [0.15, 0.2) is 11.6 Å². The minimum Gasteiger partial charge on any atom is -0.346 e. The van der Waals surface area contributed by atoms with E-state index in [1.807, 2.05) is 13.8 Å². The Labute approximate surface area is 267 Å². The van der Waals surface area contributed by atoms with Crippen LogP contribution in [0.2, 0.25) is 0 Å². The summed E-state index contributed by atoms with van der Waals surface area (Å²) in [7, 11) is 0. The summed E-state index contributed by atoms with van der Waals surface area (Å²) in [6, 6.07) is -0.496. The summed E-state index contributed by atoms with van der Waals surface area (Å²) in [6.07, 6.45) is 9.92. The molecule has 1 N–H and O–H groups in total. The molecule has 0 radical (unpaired) electrons. The molecule has 240 valence electrons. The standard InChI is InChI=1S/C12H22BrNO2.C12H21NO2.C8H15BrO/c1-4-6-10(8-13)7-12(16)14-11(5-2)9(3)15;1-4-6-10-7-12(15)13(8-10)11(5-2)9(3)14;1-3-4-8(6-9)5-7(2)10/h10-11H,4-8H2,1-3H3,(H,14,16);10-11H,4-8H2,1-3H3;8H,3-6H2,1-2H3/t2*10-,11+;8-/m111/s1. The van der Waals surface area contributed by atoms with E-state index >= 15 is 0 Å². The lowest BCUT2D eigenvalue weighted by Crippen LogP contribution is -2.40. The number of nitrogens with one attached hydrogen (secondary N) is 1. The van der Waals surface area contributed by atoms with Crippen LogP contribution < -0.4 is 5.32 Å². The van der Waals surface area contributed by atoms with Crippen molar-refractivity contribution in [3.63, 3.8) is 0 Å². The first-order valence-corrected chi connectivity index (χ1v) is 17.8. The van der Waals surface area contributed by atoms with Gasteiger partial charge in [-0.3, -0.25) is 19.2 Å². The molecule has 0 aromatic heterocycles. The normalized spacial score (nSPS) is 17.3. The van der Waals surface area contributed by atoms with Crippen LogP contribution in [0.15, 0.2) is 0 Å². The lowest BCUT2D eigenvalue weighted by molar-refractivity contribution is -0.135. The second-order valence-electron chi connectivity index (χ2n) is 11.3. The number of rotatable bonds is 18. The molecular weight excluding hydrogens is 652 g/mol. The van der Waals surface area contributed by atoms with Crippen molar-refractivity contribution in [3.05, 3.63) is 0 Å². The molecule has 9 heteroatoms. The van der Waals surface area contributed by atoms with Gasteiger partial charge in [0.2, 0.25) is 11.8 Å². The van der Waals surface area contributed by atoms with Crippen LogP contribution in [-0.4, -0.2) is 63.4 Å². The fourth-order valence-electron chi connectivity index (χ4n) is 5.14. The van der Waals surface area contributed by atoms with Crippen molar-refractivity contribution in [2.24, 2.45) is 17.8 Å². The van der Waals surface area contributed by atoms with E-state index in [-0.39, 0.29) is 35.5 Å². The van der Waals surface area contributed by atoms with Crippen LogP contribution in [0, 0.1) is 17.8 Å². The minimum atomic E-state index is -0.315. The molecule has 0 bridgehead atoms. The molecule has 2 amide bonds. The molecule has 0 aliphatic carbocycles. The number of likely N-dealkylation sites (tertiary alicyclic amines) is 1. The Bertz CT molecular complexity index is 777. The number of amides is 2. The summed E-state index contributed by atoms with van der Waals surface area (Å²) in [6.45, 7) is 15.8. The Balaban J connectivity index is 0. The van der Waals surface area contributed by atoms with Crippen LogP contribution in [0.4, 0.5) is 0 Å². The molecule has 1 aliphatic heterocycles. The zero-order chi connectivity index (χ0) is 32.0. The van der Waals surface area contributed by atoms with E-state index in [0.717, 1.165) is 62.2 Å². The second-order valence-corrected chi connectivity index (χ2v) is 12.6. The highest BCUT2D eigenvalue weighted by Gasteiger charge is 2.34. The maximum absolute atomic E-state index is 11.7. The summed E-state index contributed by atoms with van der Waals surface area (Å²) in [4.78, 5) is 58.4. The fraction of sp³-hybridized carbons (Fsp3) is 0.844. The highest BCUT2D eigenvalue weighted by atomic mass is 79.9. The molecule has 1 aliphatic rings. The summed E-state index contributed by atoms with van der Waals surface area (Å²) in [5.41, 5.74) is 0. The van der Waals surface area contributed by atoms with Crippen LogP contribution in [0.25, 0.3) is 0 Å². The molecule has 1 heterocycles. The highest BCUT2D eigenvalue weighted by Crippen LogP contribution is 2.25. The van der Waals surface area contributed by atoms with Gasteiger partial charge < -0.3 is 15.0 Å². The lowest BCUT2D eigenvalue weighted by Gasteiger charge is -2.24. The van der Waals surface area contributed by atoms with Gasteiger partial charge in [0.05, 0.1) is 12.1 Å². The average molecular weight is 711 g/mol. The monoisotopic (exact) mass is 708 g/mol. The zero-order valence-corrected chi connectivity index (χ0v) is 30.2. The van der Waals surface area contributed by atoms with Gasteiger partial charge in [0.1, 0.15) is 5.78 Å². The van der Waals surface area contributed by atoms with Crippen LogP contribution in [-0.2, 0) is 24.0 Å². The van der Waals surface area contributed by atoms with Crippen molar-refractivity contribution in [1.82, 2.24) is 10.2 Å². The Kier molecular flexibility index (Phi) is 26.1. The van der Waals surface area contributed by atoms with Gasteiger partial charge in [-0.2, -0.15) is 0 Å². The van der Waals surface area contributed by atoms with Crippen molar-refractivity contribution in [1.29, 1.82) is 0 Å². The quantitative estimate of drug-likeness (QED) is 0.149. The minimum absolute atomic E-state index is 0.0139. The van der Waals surface area contributed by atoms with Gasteiger partial charge in [0.25, 0.3) is 0 Å². The van der Waals surface area contributed by atoms with Gasteiger partial charge in [0, 0.05) is 36.5 Å². The maximum atomic E-state index is 11.7. The Hall–Kier alpha value is -1.09. The zero-order valence-electron chi connectivity index (χ0n) is 27.0. The predicted octanol–water partition coefficient (Wildman–Crippen LogP) is 7.45. The average Bonchev–Trinajstić information content (AvgIpc) is 3.26. The number of ketones is 3. The number of hydrogen-bond acceptors (Lipinski definition) is 5. The number of hydrogen-bond donors (Lipinski definition) is 1. The number of carbonyl (C=O) groups is 5. The first-order valence-electron chi connectivity index (χ1n) is 15.6. The molecular formula is C32H58Br2N2O5. The number of Topliss-reactive ketones (excluding diaryl/α,β-unsaturated/α-hetero) is 3. The Morgan fingerprint density at radius 2 is 1.37 bits per heavy atom. The van der Waals surface area contributed by atoms with E-state index in [4.69, 9.17) is 0 Å². The van der Waals surface area contributed by atoms with E-state index in [2.05, 4.69) is 57.9 Å². The molecule has 1 saturated heterocycles. The summed E-state index contributed by atoms with van der Waals surface area (Å²) in [5.74, 6) is 1.99. The first-order chi connectivity index (χ1) is 19.3. The van der Waals surface area contributed by atoms with Crippen LogP contribution in [0.1, 0.15) is 126 Å². The van der Waals surface area contributed by atoms with Gasteiger partial charge in [-0.25, -0.2) is 0 Å². The van der Waals surface area contributed by atoms with Gasteiger partial charge in [-0.05, 0) is 70.6 Å². The van der Waals surface area contributed by atoms with Crippen molar-refractivity contribution < 1.29 is 24.0 Å². The molecule has 1 rings (SSSR count). The fourth-order valence-corrected chi connectivity index (χ4v) is 6.24. The van der Waals surface area contributed by atoms with Gasteiger partial charge >= 0.3 is 0 Å². The predicted molar refractivity (Wildman–Crippen MR) is 177 cm³/mol. The molecule has 41 heavy (non-hydrogen) atoms. The Morgan fingerprint density at radius 3 is 1.73 bits per heavy atom. The molecule has 0 aromatic carbocycles. The number of nitrogens with zero attached hydrogens (tertiary/aromatic N) is 1. The smallest absolute Gasteiger partial charge is 0.223 e. The SMILES string of the molecule is CCC[C@@H](CBr)CC(=O)N[C@@H](CC)C(C)=O.CCC[C@@H](CBr)CC(C)=O.CCC[C@@H]1CC(=O)N([C@@H](CC)C(C)=O)C1. The lowest BCUT2D eigenvalue weighted by atomic mass is 10.0. The number of alkyl halides is 2. The molecule has 1 fully saturated rings. The van der Waals surface area contributed by atoms with E-state index in [1.54, 1.807) is 18.7 Å². The van der Waals surface area contributed by atoms with E-state index < -0.39 is 0 Å². The van der Waals surface area contributed by atoms with E-state index in [1.165, 1.54) is 13.3 Å². The van der Waals surface area contributed by atoms with E-state index in [9.17, 15) is 24.0 Å². The summed E-state index contributed by atoms with van der Waals surface area (Å²) in [5, 5.41) is 4.58. The van der Waals surface area contributed by atoms with Crippen molar-refractivity contribution in [2.45, 2.75) is 138 Å². The van der Waals surface area contributed by atoms with Crippen LogP contribution in [0.3, 0.4) is 0 Å². The largest absolute Gasteiger partial charge is 0.346 e.